The van der Waals surface area contributed by atoms with Gasteiger partial charge < -0.3 is 0 Å². The third kappa shape index (κ3) is 1.87. The third-order valence-corrected chi connectivity index (χ3v) is 5.59. The molecule has 0 bridgehead atoms. The summed E-state index contributed by atoms with van der Waals surface area (Å²) in [5.41, 5.74) is 2.58. The zero-order valence-electron chi connectivity index (χ0n) is 10.1. The number of carbonyl (C=O) groups excluding carboxylic acids is 1. The molecule has 0 atom stereocenters. The van der Waals surface area contributed by atoms with Gasteiger partial charge in [-0.05, 0) is 12.1 Å². The Balaban J connectivity index is 1.98. The van der Waals surface area contributed by atoms with E-state index < -0.39 is 15.9 Å². The zero-order chi connectivity index (χ0) is 14.3. The minimum Gasteiger partial charge on any atom is -0.300 e. The Morgan fingerprint density at radius 1 is 1.35 bits per heavy atom. The van der Waals surface area contributed by atoms with Crippen LogP contribution in [0.4, 0.5) is 5.13 Å². The molecule has 0 fully saturated rings. The van der Waals surface area contributed by atoms with E-state index in [-0.39, 0.29) is 17.0 Å². The number of nitrogen functional groups attached to an aromatic ring is 1. The lowest BCUT2D eigenvalue weighted by Crippen LogP contribution is -2.29. The largest absolute Gasteiger partial charge is 0.300 e. The molecule has 3 N–H and O–H groups in total. The fourth-order valence-electron chi connectivity index (χ4n) is 1.98. The first-order valence-corrected chi connectivity index (χ1v) is 7.87. The SMILES string of the molecule is NNc1ncc(CN2C(=O)c3ccccc3S2(=O)=O)s1. The van der Waals surface area contributed by atoms with Crippen LogP contribution in [0.25, 0.3) is 0 Å². The second kappa shape index (κ2) is 4.54. The number of fused-ring (bicyclic) bond motifs is 1. The highest BCUT2D eigenvalue weighted by atomic mass is 32.2. The smallest absolute Gasteiger partial charge is 0.269 e. The van der Waals surface area contributed by atoms with Crippen LogP contribution in [0.1, 0.15) is 15.2 Å². The van der Waals surface area contributed by atoms with Crippen molar-refractivity contribution in [2.24, 2.45) is 5.84 Å². The first-order valence-electron chi connectivity index (χ1n) is 5.61. The first kappa shape index (κ1) is 13.0. The number of anilines is 1. The Labute approximate surface area is 119 Å². The number of hydrogen-bond donors (Lipinski definition) is 2. The Morgan fingerprint density at radius 3 is 2.75 bits per heavy atom. The molecule has 20 heavy (non-hydrogen) atoms. The molecule has 1 aliphatic heterocycles. The van der Waals surface area contributed by atoms with Crippen LogP contribution in [-0.2, 0) is 16.6 Å². The van der Waals surface area contributed by atoms with E-state index >= 15 is 0 Å². The first-order chi connectivity index (χ1) is 9.54. The number of hydrazine groups is 1. The quantitative estimate of drug-likeness (QED) is 0.641. The fraction of sp³-hybridized carbons (Fsp3) is 0.0909. The molecule has 0 spiro atoms. The van der Waals surface area contributed by atoms with Crippen molar-refractivity contribution in [2.75, 3.05) is 5.43 Å². The summed E-state index contributed by atoms with van der Waals surface area (Å²) < 4.78 is 25.5. The summed E-state index contributed by atoms with van der Waals surface area (Å²) in [4.78, 5) is 16.8. The van der Waals surface area contributed by atoms with Crippen molar-refractivity contribution >= 4 is 32.4 Å². The van der Waals surface area contributed by atoms with Gasteiger partial charge in [-0.2, -0.15) is 0 Å². The molecule has 7 nitrogen and oxygen atoms in total. The summed E-state index contributed by atoms with van der Waals surface area (Å²) in [7, 11) is -3.78. The molecule has 104 valence electrons. The van der Waals surface area contributed by atoms with E-state index in [0.29, 0.717) is 10.0 Å². The maximum Gasteiger partial charge on any atom is 0.269 e. The van der Waals surface area contributed by atoms with Gasteiger partial charge in [-0.3, -0.25) is 10.2 Å². The van der Waals surface area contributed by atoms with Crippen LogP contribution in [0.2, 0.25) is 0 Å². The van der Waals surface area contributed by atoms with Crippen LogP contribution in [0, 0.1) is 0 Å². The van der Waals surface area contributed by atoms with Gasteiger partial charge in [-0.25, -0.2) is 23.5 Å². The van der Waals surface area contributed by atoms with E-state index in [2.05, 4.69) is 10.4 Å². The van der Waals surface area contributed by atoms with Crippen molar-refractivity contribution in [1.29, 1.82) is 0 Å². The molecule has 1 aromatic carbocycles. The topological polar surface area (TPSA) is 105 Å². The van der Waals surface area contributed by atoms with Gasteiger partial charge in [0.15, 0.2) is 5.13 Å². The number of aromatic nitrogens is 1. The molecule has 3 rings (SSSR count). The number of hydrogen-bond acceptors (Lipinski definition) is 7. The lowest BCUT2D eigenvalue weighted by molar-refractivity contribution is 0.0866. The standard InChI is InChI=1S/C11H10N4O3S2/c12-14-11-13-5-7(19-11)6-15-10(16)8-3-1-2-4-9(8)20(15,17)18/h1-5H,6,12H2,(H,13,14). The summed E-state index contributed by atoms with van der Waals surface area (Å²) >= 11 is 1.20. The Hall–Kier alpha value is -1.97. The number of nitrogens with two attached hydrogens (primary N) is 1. The van der Waals surface area contributed by atoms with Gasteiger partial charge in [0, 0.05) is 11.1 Å². The van der Waals surface area contributed by atoms with Crippen molar-refractivity contribution < 1.29 is 13.2 Å². The van der Waals surface area contributed by atoms with Gasteiger partial charge in [0.2, 0.25) is 0 Å². The van der Waals surface area contributed by atoms with Gasteiger partial charge in [0.1, 0.15) is 4.90 Å². The molecule has 0 saturated heterocycles. The summed E-state index contributed by atoms with van der Waals surface area (Å²) in [5, 5.41) is 0.460. The number of amides is 1. The van der Waals surface area contributed by atoms with Crippen LogP contribution in [0.15, 0.2) is 35.4 Å². The van der Waals surface area contributed by atoms with Gasteiger partial charge in [0.25, 0.3) is 15.9 Å². The molecule has 1 aliphatic rings. The molecular formula is C11H10N4O3S2. The summed E-state index contributed by atoms with van der Waals surface area (Å²) in [6.45, 7) is -0.0464. The van der Waals surface area contributed by atoms with Crippen LogP contribution < -0.4 is 11.3 Å². The summed E-state index contributed by atoms with van der Waals surface area (Å²) in [5.74, 6) is 4.70. The van der Waals surface area contributed by atoms with E-state index in [1.54, 1.807) is 12.1 Å². The zero-order valence-corrected chi connectivity index (χ0v) is 11.7. The van der Waals surface area contributed by atoms with E-state index in [0.717, 1.165) is 4.31 Å². The molecule has 0 radical (unpaired) electrons. The lowest BCUT2D eigenvalue weighted by atomic mass is 10.2. The average Bonchev–Trinajstić information content (AvgIpc) is 2.97. The van der Waals surface area contributed by atoms with E-state index in [4.69, 9.17) is 5.84 Å². The maximum atomic E-state index is 12.3. The van der Waals surface area contributed by atoms with E-state index in [9.17, 15) is 13.2 Å². The number of thiazole rings is 1. The number of sulfonamides is 1. The Kier molecular flexibility index (Phi) is 2.96. The molecule has 1 aromatic heterocycles. The molecule has 9 heteroatoms. The fourth-order valence-corrected chi connectivity index (χ4v) is 4.32. The van der Waals surface area contributed by atoms with Crippen LogP contribution in [-0.4, -0.2) is 23.6 Å². The lowest BCUT2D eigenvalue weighted by Gasteiger charge is -2.13. The maximum absolute atomic E-state index is 12.3. The van der Waals surface area contributed by atoms with Crippen molar-refractivity contribution in [3.05, 3.63) is 40.9 Å². The van der Waals surface area contributed by atoms with Gasteiger partial charge >= 0.3 is 0 Å². The van der Waals surface area contributed by atoms with Crippen LogP contribution >= 0.6 is 11.3 Å². The van der Waals surface area contributed by atoms with Crippen LogP contribution in [0.3, 0.4) is 0 Å². The summed E-state index contributed by atoms with van der Waals surface area (Å²) in [6.07, 6.45) is 1.49. The number of rotatable bonds is 3. The Bertz CT molecular complexity index is 784. The highest BCUT2D eigenvalue weighted by Gasteiger charge is 2.40. The normalized spacial score (nSPS) is 16.2. The molecule has 0 unspecified atom stereocenters. The second-order valence-electron chi connectivity index (χ2n) is 4.09. The van der Waals surface area contributed by atoms with Gasteiger partial charge in [0.05, 0.1) is 12.1 Å². The minimum atomic E-state index is -3.78. The van der Waals surface area contributed by atoms with Crippen molar-refractivity contribution in [3.63, 3.8) is 0 Å². The highest BCUT2D eigenvalue weighted by Crippen LogP contribution is 2.32. The minimum absolute atomic E-state index is 0.0464. The van der Waals surface area contributed by atoms with Gasteiger partial charge in [-0.15, -0.1) is 0 Å². The predicted molar refractivity (Wildman–Crippen MR) is 73.4 cm³/mol. The van der Waals surface area contributed by atoms with E-state index in [1.165, 1.54) is 29.7 Å². The van der Waals surface area contributed by atoms with E-state index in [1.807, 2.05) is 0 Å². The molecule has 1 amide bonds. The summed E-state index contributed by atoms with van der Waals surface area (Å²) in [6, 6.07) is 6.17. The third-order valence-electron chi connectivity index (χ3n) is 2.89. The van der Waals surface area contributed by atoms with Gasteiger partial charge in [-0.1, -0.05) is 23.5 Å². The highest BCUT2D eigenvalue weighted by molar-refractivity contribution is 7.90. The monoisotopic (exact) mass is 310 g/mol. The predicted octanol–water partition coefficient (Wildman–Crippen LogP) is 0.773. The average molecular weight is 310 g/mol. The number of nitrogens with zero attached hydrogens (tertiary/aromatic N) is 2. The Morgan fingerprint density at radius 2 is 2.10 bits per heavy atom. The number of nitrogens with one attached hydrogen (secondary N) is 1. The van der Waals surface area contributed by atoms with Crippen molar-refractivity contribution in [1.82, 2.24) is 9.29 Å². The molecule has 0 saturated carbocycles. The van der Waals surface area contributed by atoms with Crippen molar-refractivity contribution in [3.8, 4) is 0 Å². The molecule has 0 aliphatic carbocycles. The number of benzene rings is 1. The van der Waals surface area contributed by atoms with Crippen molar-refractivity contribution in [2.45, 2.75) is 11.4 Å². The number of carbonyl (C=O) groups is 1. The van der Waals surface area contributed by atoms with Crippen LogP contribution in [0.5, 0.6) is 0 Å². The molecule has 2 aromatic rings. The second-order valence-corrected chi connectivity index (χ2v) is 7.03. The molecule has 2 heterocycles. The molecular weight excluding hydrogens is 300 g/mol.